The van der Waals surface area contributed by atoms with E-state index in [0.29, 0.717) is 11.1 Å². The lowest BCUT2D eigenvalue weighted by Crippen LogP contribution is -2.23. The Bertz CT molecular complexity index is 810. The van der Waals surface area contributed by atoms with Crippen molar-refractivity contribution in [2.24, 2.45) is 0 Å². The second-order valence-corrected chi connectivity index (χ2v) is 7.49. The van der Waals surface area contributed by atoms with Crippen LogP contribution in [0.25, 0.3) is 0 Å². The molecule has 0 aromatic heterocycles. The van der Waals surface area contributed by atoms with Crippen molar-refractivity contribution in [2.45, 2.75) is 24.3 Å². The molecule has 2 aromatic rings. The molecule has 0 radical (unpaired) electrons. The van der Waals surface area contributed by atoms with Gasteiger partial charge in [-0.05, 0) is 25.1 Å². The van der Waals surface area contributed by atoms with Gasteiger partial charge in [0.05, 0.1) is 16.2 Å². The van der Waals surface area contributed by atoms with E-state index in [0.717, 1.165) is 5.56 Å². The Hall–Kier alpha value is -2.14. The fourth-order valence-corrected chi connectivity index (χ4v) is 4.19. The monoisotopic (exact) mass is 316 g/mol. The lowest BCUT2D eigenvalue weighted by Gasteiger charge is -2.25. The van der Waals surface area contributed by atoms with Gasteiger partial charge in [-0.25, -0.2) is 13.2 Å². The molecule has 0 saturated heterocycles. The van der Waals surface area contributed by atoms with Crippen LogP contribution in [0.3, 0.4) is 0 Å². The summed E-state index contributed by atoms with van der Waals surface area (Å²) in [7, 11) is -3.28. The summed E-state index contributed by atoms with van der Waals surface area (Å²) in [6, 6.07) is 13.9. The molecule has 5 heteroatoms. The smallest absolute Gasteiger partial charge is 0.338 e. The highest BCUT2D eigenvalue weighted by Gasteiger charge is 2.32. The third kappa shape index (κ3) is 2.76. The predicted octanol–water partition coefficient (Wildman–Crippen LogP) is 3.07. The number of fused-ring (bicyclic) bond motifs is 1. The largest absolute Gasteiger partial charge is 0.454 e. The number of carbonyl (C=O) groups is 1. The molecule has 114 valence electrons. The van der Waals surface area contributed by atoms with E-state index in [9.17, 15) is 13.2 Å². The second-order valence-electron chi connectivity index (χ2n) is 5.41. The molecule has 1 aliphatic heterocycles. The van der Waals surface area contributed by atoms with Gasteiger partial charge in [0.1, 0.15) is 6.10 Å². The Morgan fingerprint density at radius 2 is 1.86 bits per heavy atom. The number of carbonyl (C=O) groups excluding carboxylic acids is 1. The van der Waals surface area contributed by atoms with E-state index in [2.05, 4.69) is 0 Å². The fourth-order valence-electron chi connectivity index (χ4n) is 2.62. The molecule has 0 N–H and O–H groups in total. The van der Waals surface area contributed by atoms with Crippen LogP contribution in [0.1, 0.15) is 34.0 Å². The second kappa shape index (κ2) is 5.57. The van der Waals surface area contributed by atoms with Crippen molar-refractivity contribution in [2.75, 3.05) is 5.75 Å². The summed E-state index contributed by atoms with van der Waals surface area (Å²) >= 11 is 0. The number of esters is 1. The molecule has 1 atom stereocenters. The van der Waals surface area contributed by atoms with Crippen molar-refractivity contribution in [3.63, 3.8) is 0 Å². The fraction of sp³-hybridized carbons (Fsp3) is 0.235. The van der Waals surface area contributed by atoms with Gasteiger partial charge < -0.3 is 4.74 Å². The van der Waals surface area contributed by atoms with Crippen molar-refractivity contribution in [3.05, 3.63) is 65.2 Å². The van der Waals surface area contributed by atoms with E-state index in [-0.39, 0.29) is 17.1 Å². The first-order valence-electron chi connectivity index (χ1n) is 7.07. The molecule has 3 rings (SSSR count). The zero-order valence-electron chi connectivity index (χ0n) is 12.2. The van der Waals surface area contributed by atoms with Crippen LogP contribution in [0.5, 0.6) is 0 Å². The highest BCUT2D eigenvalue weighted by molar-refractivity contribution is 7.91. The molecule has 2 aromatic carbocycles. The van der Waals surface area contributed by atoms with Crippen LogP contribution in [0, 0.1) is 6.92 Å². The Kier molecular flexibility index (Phi) is 3.74. The van der Waals surface area contributed by atoms with E-state index in [1.807, 2.05) is 13.0 Å². The van der Waals surface area contributed by atoms with E-state index >= 15 is 0 Å². The van der Waals surface area contributed by atoms with Crippen LogP contribution >= 0.6 is 0 Å². The summed E-state index contributed by atoms with van der Waals surface area (Å²) in [5.74, 6) is -0.437. The maximum absolute atomic E-state index is 12.2. The normalized spacial score (nSPS) is 19.2. The third-order valence-electron chi connectivity index (χ3n) is 3.75. The number of hydrogen-bond donors (Lipinski definition) is 0. The number of ether oxygens (including phenoxy) is 1. The van der Waals surface area contributed by atoms with Gasteiger partial charge in [0.25, 0.3) is 0 Å². The first-order chi connectivity index (χ1) is 10.5. The highest BCUT2D eigenvalue weighted by Crippen LogP contribution is 2.35. The Labute approximate surface area is 129 Å². The van der Waals surface area contributed by atoms with Crippen LogP contribution in [-0.4, -0.2) is 20.1 Å². The van der Waals surface area contributed by atoms with Gasteiger partial charge in [-0.2, -0.15) is 0 Å². The molecule has 0 amide bonds. The average Bonchev–Trinajstić information content (AvgIpc) is 2.51. The number of rotatable bonds is 2. The maximum Gasteiger partial charge on any atom is 0.338 e. The number of benzene rings is 2. The van der Waals surface area contributed by atoms with Crippen LogP contribution in [0.4, 0.5) is 0 Å². The lowest BCUT2D eigenvalue weighted by atomic mass is 10.0. The summed E-state index contributed by atoms with van der Waals surface area (Å²) in [5.41, 5.74) is 1.98. The summed E-state index contributed by atoms with van der Waals surface area (Å²) < 4.78 is 29.8. The van der Waals surface area contributed by atoms with Gasteiger partial charge in [-0.1, -0.05) is 35.9 Å². The number of sulfone groups is 1. The Morgan fingerprint density at radius 3 is 2.59 bits per heavy atom. The SMILES string of the molecule is Cc1ccc2c(c1)C(OC(=O)c1ccccc1)CCS2(=O)=O. The summed E-state index contributed by atoms with van der Waals surface area (Å²) in [6.45, 7) is 1.89. The van der Waals surface area contributed by atoms with E-state index in [1.165, 1.54) is 0 Å². The zero-order chi connectivity index (χ0) is 15.7. The van der Waals surface area contributed by atoms with Crippen LogP contribution in [-0.2, 0) is 14.6 Å². The molecular weight excluding hydrogens is 300 g/mol. The molecule has 1 heterocycles. The average molecular weight is 316 g/mol. The molecule has 0 bridgehead atoms. The quantitative estimate of drug-likeness (QED) is 0.799. The summed E-state index contributed by atoms with van der Waals surface area (Å²) in [5, 5.41) is 0. The molecule has 0 fully saturated rings. The third-order valence-corrected chi connectivity index (χ3v) is 5.57. The molecule has 1 unspecified atom stereocenters. The van der Waals surface area contributed by atoms with Crippen molar-refractivity contribution in [1.29, 1.82) is 0 Å². The predicted molar refractivity (Wildman–Crippen MR) is 82.4 cm³/mol. The van der Waals surface area contributed by atoms with Gasteiger partial charge >= 0.3 is 5.97 Å². The standard InChI is InChI=1S/C17H16O4S/c1-12-7-8-16-14(11-12)15(9-10-22(16,19)20)21-17(18)13-5-3-2-4-6-13/h2-8,11,15H,9-10H2,1H3. The van der Waals surface area contributed by atoms with Gasteiger partial charge in [-0.3, -0.25) is 0 Å². The first-order valence-corrected chi connectivity index (χ1v) is 8.72. The molecule has 4 nitrogen and oxygen atoms in total. The minimum Gasteiger partial charge on any atom is -0.454 e. The minimum atomic E-state index is -3.28. The van der Waals surface area contributed by atoms with Gasteiger partial charge in [0.2, 0.25) is 0 Å². The Morgan fingerprint density at radius 1 is 1.14 bits per heavy atom. The molecule has 1 aliphatic rings. The van der Waals surface area contributed by atoms with Crippen molar-refractivity contribution >= 4 is 15.8 Å². The first kappa shape index (κ1) is 14.8. The van der Waals surface area contributed by atoms with Crippen LogP contribution in [0.15, 0.2) is 53.4 Å². The molecule has 0 spiro atoms. The minimum absolute atomic E-state index is 0.00417. The van der Waals surface area contributed by atoms with E-state index in [1.54, 1.807) is 42.5 Å². The molecule has 22 heavy (non-hydrogen) atoms. The topological polar surface area (TPSA) is 60.4 Å². The molecule has 0 aliphatic carbocycles. The van der Waals surface area contributed by atoms with Crippen LogP contribution < -0.4 is 0 Å². The van der Waals surface area contributed by atoms with E-state index in [4.69, 9.17) is 4.74 Å². The Balaban J connectivity index is 1.93. The van der Waals surface area contributed by atoms with Crippen LogP contribution in [0.2, 0.25) is 0 Å². The number of hydrogen-bond acceptors (Lipinski definition) is 4. The highest BCUT2D eigenvalue weighted by atomic mass is 32.2. The lowest BCUT2D eigenvalue weighted by molar-refractivity contribution is 0.0277. The zero-order valence-corrected chi connectivity index (χ0v) is 13.0. The molecular formula is C17H16O4S. The summed E-state index contributed by atoms with van der Waals surface area (Å²) in [6.07, 6.45) is -0.233. The van der Waals surface area contributed by atoms with Gasteiger partial charge in [0, 0.05) is 12.0 Å². The molecule has 0 saturated carbocycles. The van der Waals surface area contributed by atoms with Gasteiger partial charge in [0.15, 0.2) is 9.84 Å². The maximum atomic E-state index is 12.2. The van der Waals surface area contributed by atoms with E-state index < -0.39 is 21.9 Å². The number of aryl methyl sites for hydroxylation is 1. The van der Waals surface area contributed by atoms with Crippen molar-refractivity contribution < 1.29 is 17.9 Å². The summed E-state index contributed by atoms with van der Waals surface area (Å²) in [4.78, 5) is 12.5. The van der Waals surface area contributed by atoms with Gasteiger partial charge in [-0.15, -0.1) is 0 Å². The van der Waals surface area contributed by atoms with Crippen molar-refractivity contribution in [3.8, 4) is 0 Å². The van der Waals surface area contributed by atoms with Crippen molar-refractivity contribution in [1.82, 2.24) is 0 Å².